The van der Waals surface area contributed by atoms with Crippen molar-refractivity contribution in [1.82, 2.24) is 4.90 Å². The van der Waals surface area contributed by atoms with Gasteiger partial charge in [0.05, 0.1) is 6.61 Å². The van der Waals surface area contributed by atoms with E-state index in [0.717, 1.165) is 19.2 Å². The average Bonchev–Trinajstić information content (AvgIpc) is 2.71. The van der Waals surface area contributed by atoms with Gasteiger partial charge in [-0.2, -0.15) is 0 Å². The smallest absolute Gasteiger partial charge is 0.0589 e. The van der Waals surface area contributed by atoms with E-state index in [0.29, 0.717) is 0 Å². The van der Waals surface area contributed by atoms with Crippen LogP contribution in [0.3, 0.4) is 0 Å². The minimum absolute atomic E-state index is 0.858. The highest BCUT2D eigenvalue weighted by Gasteiger charge is 2.21. The lowest BCUT2D eigenvalue weighted by molar-refractivity contribution is 0.119. The molecule has 1 aliphatic rings. The first-order chi connectivity index (χ1) is 6.88. The number of methoxy groups -OCH3 is 1. The van der Waals surface area contributed by atoms with Crippen LogP contribution in [0.5, 0.6) is 0 Å². The van der Waals surface area contributed by atoms with Crippen molar-refractivity contribution in [2.75, 3.05) is 26.8 Å². The molecule has 2 nitrogen and oxygen atoms in total. The van der Waals surface area contributed by atoms with Crippen molar-refractivity contribution >= 4 is 0 Å². The molecule has 84 valence electrons. The Morgan fingerprint density at radius 1 is 1.21 bits per heavy atom. The van der Waals surface area contributed by atoms with Gasteiger partial charge in [0.1, 0.15) is 0 Å². The standard InChI is InChI=1S/C12H25NO/c1-3-4-9-13(10-11-14-2)12-7-5-6-8-12/h12H,3-11H2,1-2H3. The van der Waals surface area contributed by atoms with Gasteiger partial charge in [-0.1, -0.05) is 26.2 Å². The zero-order valence-electron chi connectivity index (χ0n) is 9.80. The topological polar surface area (TPSA) is 12.5 Å². The van der Waals surface area contributed by atoms with Crippen LogP contribution < -0.4 is 0 Å². The lowest BCUT2D eigenvalue weighted by atomic mass is 10.2. The molecule has 0 N–H and O–H groups in total. The van der Waals surface area contributed by atoms with Crippen LogP contribution in [0.25, 0.3) is 0 Å². The summed E-state index contributed by atoms with van der Waals surface area (Å²) < 4.78 is 5.17. The van der Waals surface area contributed by atoms with Crippen molar-refractivity contribution < 1.29 is 4.74 Å². The third-order valence-corrected chi connectivity index (χ3v) is 3.22. The summed E-state index contributed by atoms with van der Waals surface area (Å²) in [6.45, 7) is 5.55. The normalized spacial score (nSPS) is 18.2. The van der Waals surface area contributed by atoms with Crippen LogP contribution in [0.15, 0.2) is 0 Å². The van der Waals surface area contributed by atoms with E-state index in [1.54, 1.807) is 7.11 Å². The quantitative estimate of drug-likeness (QED) is 0.625. The second kappa shape index (κ2) is 7.24. The Kier molecular flexibility index (Phi) is 6.20. The lowest BCUT2D eigenvalue weighted by Gasteiger charge is -2.28. The summed E-state index contributed by atoms with van der Waals surface area (Å²) in [5.74, 6) is 0. The van der Waals surface area contributed by atoms with Crippen LogP contribution >= 0.6 is 0 Å². The molecule has 0 saturated heterocycles. The van der Waals surface area contributed by atoms with Gasteiger partial charge >= 0.3 is 0 Å². The molecule has 0 bridgehead atoms. The number of hydrogen-bond acceptors (Lipinski definition) is 2. The summed E-state index contributed by atoms with van der Waals surface area (Å²) in [6.07, 6.45) is 8.32. The molecule has 0 unspecified atom stereocenters. The minimum Gasteiger partial charge on any atom is -0.383 e. The maximum absolute atomic E-state index is 5.17. The van der Waals surface area contributed by atoms with E-state index < -0.39 is 0 Å². The summed E-state index contributed by atoms with van der Waals surface area (Å²) in [7, 11) is 1.80. The number of rotatable bonds is 7. The van der Waals surface area contributed by atoms with Crippen LogP contribution in [0.2, 0.25) is 0 Å². The van der Waals surface area contributed by atoms with E-state index in [4.69, 9.17) is 4.74 Å². The zero-order chi connectivity index (χ0) is 10.2. The molecule has 0 spiro atoms. The van der Waals surface area contributed by atoms with Gasteiger partial charge in [-0.25, -0.2) is 0 Å². The maximum Gasteiger partial charge on any atom is 0.0589 e. The van der Waals surface area contributed by atoms with Gasteiger partial charge in [0.25, 0.3) is 0 Å². The molecule has 0 aromatic heterocycles. The summed E-state index contributed by atoms with van der Waals surface area (Å²) in [5, 5.41) is 0. The van der Waals surface area contributed by atoms with Crippen molar-refractivity contribution in [3.05, 3.63) is 0 Å². The molecule has 0 heterocycles. The van der Waals surface area contributed by atoms with E-state index >= 15 is 0 Å². The second-order valence-electron chi connectivity index (χ2n) is 4.32. The first kappa shape index (κ1) is 12.0. The highest BCUT2D eigenvalue weighted by Crippen LogP contribution is 2.23. The molecule has 14 heavy (non-hydrogen) atoms. The zero-order valence-corrected chi connectivity index (χ0v) is 9.80. The molecule has 1 saturated carbocycles. The number of ether oxygens (including phenoxy) is 1. The Balaban J connectivity index is 2.26. The van der Waals surface area contributed by atoms with Crippen LogP contribution in [-0.4, -0.2) is 37.7 Å². The van der Waals surface area contributed by atoms with Crippen LogP contribution in [-0.2, 0) is 4.74 Å². The SMILES string of the molecule is CCCCN(CCOC)C1CCCC1. The Hall–Kier alpha value is -0.0800. The second-order valence-corrected chi connectivity index (χ2v) is 4.32. The van der Waals surface area contributed by atoms with Gasteiger partial charge in [0, 0.05) is 19.7 Å². The number of nitrogens with zero attached hydrogens (tertiary/aromatic N) is 1. The third-order valence-electron chi connectivity index (χ3n) is 3.22. The van der Waals surface area contributed by atoms with Gasteiger partial charge in [-0.3, -0.25) is 4.90 Å². The first-order valence-corrected chi connectivity index (χ1v) is 6.11. The van der Waals surface area contributed by atoms with Crippen molar-refractivity contribution in [2.24, 2.45) is 0 Å². The molecule has 0 amide bonds. The molecule has 0 aliphatic heterocycles. The Bertz CT molecular complexity index is 124. The predicted molar refractivity (Wildman–Crippen MR) is 60.6 cm³/mol. The minimum atomic E-state index is 0.858. The van der Waals surface area contributed by atoms with Gasteiger partial charge in [-0.05, 0) is 25.8 Å². The Morgan fingerprint density at radius 2 is 1.93 bits per heavy atom. The van der Waals surface area contributed by atoms with Crippen molar-refractivity contribution in [2.45, 2.75) is 51.5 Å². The van der Waals surface area contributed by atoms with Crippen LogP contribution in [0.1, 0.15) is 45.4 Å². The van der Waals surface area contributed by atoms with E-state index in [1.165, 1.54) is 45.1 Å². The van der Waals surface area contributed by atoms with Crippen LogP contribution in [0.4, 0.5) is 0 Å². The van der Waals surface area contributed by atoms with E-state index in [1.807, 2.05) is 0 Å². The first-order valence-electron chi connectivity index (χ1n) is 6.11. The summed E-state index contributed by atoms with van der Waals surface area (Å²) in [5.41, 5.74) is 0. The third kappa shape index (κ3) is 3.97. The van der Waals surface area contributed by atoms with Gasteiger partial charge in [0.15, 0.2) is 0 Å². The molecule has 0 radical (unpaired) electrons. The Morgan fingerprint density at radius 3 is 2.50 bits per heavy atom. The van der Waals surface area contributed by atoms with E-state index in [2.05, 4.69) is 11.8 Å². The Labute approximate surface area is 88.6 Å². The lowest BCUT2D eigenvalue weighted by Crippen LogP contribution is -2.36. The maximum atomic E-state index is 5.17. The highest BCUT2D eigenvalue weighted by molar-refractivity contribution is 4.77. The number of hydrogen-bond donors (Lipinski definition) is 0. The summed E-state index contributed by atoms with van der Waals surface area (Å²) >= 11 is 0. The number of unbranched alkanes of at least 4 members (excludes halogenated alkanes) is 1. The molecule has 1 aliphatic carbocycles. The van der Waals surface area contributed by atoms with Crippen molar-refractivity contribution in [3.8, 4) is 0 Å². The fraction of sp³-hybridized carbons (Fsp3) is 1.00. The van der Waals surface area contributed by atoms with E-state index in [9.17, 15) is 0 Å². The highest BCUT2D eigenvalue weighted by atomic mass is 16.5. The van der Waals surface area contributed by atoms with E-state index in [-0.39, 0.29) is 0 Å². The summed E-state index contributed by atoms with van der Waals surface area (Å²) in [4.78, 5) is 2.64. The molecular weight excluding hydrogens is 174 g/mol. The largest absolute Gasteiger partial charge is 0.383 e. The predicted octanol–water partition coefficient (Wildman–Crippen LogP) is 2.68. The summed E-state index contributed by atoms with van der Waals surface area (Å²) in [6, 6.07) is 0.858. The molecule has 0 aromatic carbocycles. The van der Waals surface area contributed by atoms with Gasteiger partial charge in [-0.15, -0.1) is 0 Å². The van der Waals surface area contributed by atoms with Crippen molar-refractivity contribution in [3.63, 3.8) is 0 Å². The molecule has 0 atom stereocenters. The van der Waals surface area contributed by atoms with Gasteiger partial charge in [0.2, 0.25) is 0 Å². The molecular formula is C12H25NO. The average molecular weight is 199 g/mol. The molecule has 2 heteroatoms. The fourth-order valence-electron chi connectivity index (χ4n) is 2.32. The van der Waals surface area contributed by atoms with Crippen molar-refractivity contribution in [1.29, 1.82) is 0 Å². The fourth-order valence-corrected chi connectivity index (χ4v) is 2.32. The molecule has 1 rings (SSSR count). The molecule has 1 fully saturated rings. The molecule has 0 aromatic rings. The van der Waals surface area contributed by atoms with Crippen LogP contribution in [0, 0.1) is 0 Å². The van der Waals surface area contributed by atoms with Gasteiger partial charge < -0.3 is 4.74 Å². The monoisotopic (exact) mass is 199 g/mol.